The maximum atomic E-state index is 12.2. The molecule has 1 fully saturated rings. The number of imide groups is 1. The summed E-state index contributed by atoms with van der Waals surface area (Å²) in [7, 11) is 0. The fourth-order valence-corrected chi connectivity index (χ4v) is 2.95. The van der Waals surface area contributed by atoms with Crippen LogP contribution in [-0.4, -0.2) is 48.8 Å². The van der Waals surface area contributed by atoms with Crippen molar-refractivity contribution < 1.29 is 14.4 Å². The largest absolute Gasteiger partial charge is 0.354 e. The minimum Gasteiger partial charge on any atom is -0.354 e. The van der Waals surface area contributed by atoms with Gasteiger partial charge in [-0.25, -0.2) is 0 Å². The Balaban J connectivity index is 0.00000192. The minimum atomic E-state index is -0.283. The fraction of sp³-hybridized carbons (Fsp3) is 0.438. The van der Waals surface area contributed by atoms with Gasteiger partial charge in [-0.1, -0.05) is 12.1 Å². The molecule has 1 saturated heterocycles. The van der Waals surface area contributed by atoms with Crippen LogP contribution in [0.2, 0.25) is 0 Å². The van der Waals surface area contributed by atoms with E-state index >= 15 is 0 Å². The molecule has 2 N–H and O–H groups in total. The van der Waals surface area contributed by atoms with Crippen molar-refractivity contribution >= 4 is 30.1 Å². The predicted octanol–water partition coefficient (Wildman–Crippen LogP) is 0.820. The third-order valence-corrected chi connectivity index (χ3v) is 4.18. The van der Waals surface area contributed by atoms with Crippen LogP contribution in [0.3, 0.4) is 0 Å². The van der Waals surface area contributed by atoms with Gasteiger partial charge in [-0.2, -0.15) is 0 Å². The lowest BCUT2D eigenvalue weighted by Gasteiger charge is -2.22. The molecular weight excluding hydrogens is 318 g/mol. The number of hydrogen-bond donors (Lipinski definition) is 2. The van der Waals surface area contributed by atoms with Crippen molar-refractivity contribution in [3.8, 4) is 0 Å². The van der Waals surface area contributed by atoms with E-state index in [1.165, 1.54) is 4.90 Å². The molecule has 3 amide bonds. The first kappa shape index (κ1) is 17.4. The molecule has 23 heavy (non-hydrogen) atoms. The molecule has 6 nitrogen and oxygen atoms in total. The molecule has 0 aliphatic carbocycles. The van der Waals surface area contributed by atoms with Crippen LogP contribution in [0.5, 0.6) is 0 Å². The van der Waals surface area contributed by atoms with Crippen molar-refractivity contribution in [1.82, 2.24) is 15.5 Å². The molecule has 0 aromatic heterocycles. The molecule has 1 atom stereocenters. The number of amides is 3. The van der Waals surface area contributed by atoms with E-state index in [4.69, 9.17) is 0 Å². The van der Waals surface area contributed by atoms with E-state index in [-0.39, 0.29) is 42.6 Å². The highest BCUT2D eigenvalue weighted by Crippen LogP contribution is 2.21. The van der Waals surface area contributed by atoms with Crippen LogP contribution < -0.4 is 10.6 Å². The van der Waals surface area contributed by atoms with Crippen LogP contribution in [0.25, 0.3) is 0 Å². The van der Waals surface area contributed by atoms with Gasteiger partial charge in [0.15, 0.2) is 0 Å². The highest BCUT2D eigenvalue weighted by molar-refractivity contribution is 6.21. The summed E-state index contributed by atoms with van der Waals surface area (Å²) in [6.45, 7) is 2.15. The van der Waals surface area contributed by atoms with E-state index in [1.54, 1.807) is 24.3 Å². The summed E-state index contributed by atoms with van der Waals surface area (Å²) in [4.78, 5) is 37.5. The highest BCUT2D eigenvalue weighted by Gasteiger charge is 2.34. The van der Waals surface area contributed by atoms with Gasteiger partial charge in [-0.3, -0.25) is 19.3 Å². The Kier molecular flexibility index (Phi) is 5.74. The smallest absolute Gasteiger partial charge is 0.261 e. The van der Waals surface area contributed by atoms with Crippen molar-refractivity contribution in [1.29, 1.82) is 0 Å². The molecule has 124 valence electrons. The molecule has 1 unspecified atom stereocenters. The van der Waals surface area contributed by atoms with E-state index in [9.17, 15) is 14.4 Å². The quantitative estimate of drug-likeness (QED) is 0.797. The van der Waals surface area contributed by atoms with E-state index in [1.807, 2.05) is 0 Å². The van der Waals surface area contributed by atoms with Crippen molar-refractivity contribution in [2.75, 3.05) is 26.2 Å². The standard InChI is InChI=1S/C16H19N3O3.ClH/c20-14(11-4-3-7-17-10-11)18-8-9-19-15(21)12-5-1-2-6-13(12)16(19)22;/h1-2,5-6,11,17H,3-4,7-10H2,(H,18,20);1H. The number of nitrogens with zero attached hydrogens (tertiary/aromatic N) is 1. The van der Waals surface area contributed by atoms with Crippen LogP contribution in [0.1, 0.15) is 33.6 Å². The summed E-state index contributed by atoms with van der Waals surface area (Å²) >= 11 is 0. The number of fused-ring (bicyclic) bond motifs is 1. The Hall–Kier alpha value is -1.92. The third kappa shape index (κ3) is 3.54. The molecule has 2 aliphatic heterocycles. The monoisotopic (exact) mass is 337 g/mol. The van der Waals surface area contributed by atoms with E-state index in [0.29, 0.717) is 24.2 Å². The number of halogens is 1. The summed E-state index contributed by atoms with van der Waals surface area (Å²) < 4.78 is 0. The molecule has 0 spiro atoms. The Morgan fingerprint density at radius 1 is 1.22 bits per heavy atom. The number of piperidine rings is 1. The van der Waals surface area contributed by atoms with E-state index < -0.39 is 0 Å². The molecule has 0 radical (unpaired) electrons. The summed E-state index contributed by atoms with van der Waals surface area (Å²) in [5.41, 5.74) is 0.880. The number of hydrogen-bond acceptors (Lipinski definition) is 4. The normalized spacial score (nSPS) is 20.0. The Morgan fingerprint density at radius 3 is 2.43 bits per heavy atom. The van der Waals surface area contributed by atoms with Crippen LogP contribution in [0.4, 0.5) is 0 Å². The summed E-state index contributed by atoms with van der Waals surface area (Å²) in [5, 5.41) is 6.02. The first-order chi connectivity index (χ1) is 10.7. The minimum absolute atomic E-state index is 0. The van der Waals surface area contributed by atoms with Gasteiger partial charge in [0.25, 0.3) is 11.8 Å². The van der Waals surface area contributed by atoms with E-state index in [0.717, 1.165) is 19.4 Å². The molecule has 0 saturated carbocycles. The number of benzene rings is 1. The first-order valence-corrected chi connectivity index (χ1v) is 7.62. The number of carbonyl (C=O) groups is 3. The maximum absolute atomic E-state index is 12.2. The van der Waals surface area contributed by atoms with Crippen molar-refractivity contribution in [3.63, 3.8) is 0 Å². The average Bonchev–Trinajstić information content (AvgIpc) is 2.81. The zero-order chi connectivity index (χ0) is 15.5. The lowest BCUT2D eigenvalue weighted by Crippen LogP contribution is -2.43. The zero-order valence-corrected chi connectivity index (χ0v) is 13.5. The molecule has 1 aromatic carbocycles. The van der Waals surface area contributed by atoms with Gasteiger partial charge in [0.1, 0.15) is 0 Å². The van der Waals surface area contributed by atoms with Gasteiger partial charge < -0.3 is 10.6 Å². The molecule has 2 aliphatic rings. The molecule has 0 bridgehead atoms. The Morgan fingerprint density at radius 2 is 1.87 bits per heavy atom. The van der Waals surface area contributed by atoms with Crippen LogP contribution in [-0.2, 0) is 4.79 Å². The van der Waals surface area contributed by atoms with Gasteiger partial charge in [0.2, 0.25) is 5.91 Å². The highest BCUT2D eigenvalue weighted by atomic mass is 35.5. The van der Waals surface area contributed by atoms with Crippen molar-refractivity contribution in [2.24, 2.45) is 5.92 Å². The van der Waals surface area contributed by atoms with E-state index in [2.05, 4.69) is 10.6 Å². The molecule has 2 heterocycles. The number of nitrogens with one attached hydrogen (secondary N) is 2. The van der Waals surface area contributed by atoms with Crippen LogP contribution >= 0.6 is 12.4 Å². The van der Waals surface area contributed by atoms with Crippen molar-refractivity contribution in [3.05, 3.63) is 35.4 Å². The van der Waals surface area contributed by atoms with Crippen molar-refractivity contribution in [2.45, 2.75) is 12.8 Å². The topological polar surface area (TPSA) is 78.5 Å². The molecule has 1 aromatic rings. The lowest BCUT2D eigenvalue weighted by molar-refractivity contribution is -0.125. The maximum Gasteiger partial charge on any atom is 0.261 e. The molecule has 3 rings (SSSR count). The van der Waals surface area contributed by atoms with Gasteiger partial charge in [-0.05, 0) is 31.5 Å². The second kappa shape index (κ2) is 7.57. The summed E-state index contributed by atoms with van der Waals surface area (Å²) in [5.74, 6) is -0.594. The van der Waals surface area contributed by atoms with Crippen LogP contribution in [0.15, 0.2) is 24.3 Å². The number of rotatable bonds is 4. The van der Waals surface area contributed by atoms with Gasteiger partial charge in [-0.15, -0.1) is 12.4 Å². The lowest BCUT2D eigenvalue weighted by atomic mass is 9.99. The second-order valence-corrected chi connectivity index (χ2v) is 5.64. The van der Waals surface area contributed by atoms with Crippen LogP contribution in [0, 0.1) is 5.92 Å². The van der Waals surface area contributed by atoms with Gasteiger partial charge in [0.05, 0.1) is 17.0 Å². The summed E-state index contributed by atoms with van der Waals surface area (Å²) in [6.07, 6.45) is 1.88. The Bertz CT molecular complexity index is 579. The first-order valence-electron chi connectivity index (χ1n) is 7.62. The second-order valence-electron chi connectivity index (χ2n) is 5.64. The van der Waals surface area contributed by atoms with Gasteiger partial charge in [0, 0.05) is 19.6 Å². The Labute approximate surface area is 141 Å². The zero-order valence-electron chi connectivity index (χ0n) is 12.7. The fourth-order valence-electron chi connectivity index (χ4n) is 2.95. The average molecular weight is 338 g/mol. The molecule has 7 heteroatoms. The summed E-state index contributed by atoms with van der Waals surface area (Å²) in [6, 6.07) is 6.79. The number of carbonyl (C=O) groups excluding carboxylic acids is 3. The predicted molar refractivity (Wildman–Crippen MR) is 87.7 cm³/mol. The SMILES string of the molecule is Cl.O=C(NCCN1C(=O)c2ccccc2C1=O)C1CCCNC1. The van der Waals surface area contributed by atoms with Gasteiger partial charge >= 0.3 is 0 Å². The molecular formula is C16H20ClN3O3. The third-order valence-electron chi connectivity index (χ3n) is 4.18.